The molecule has 0 amide bonds. The summed E-state index contributed by atoms with van der Waals surface area (Å²) in [6.45, 7) is 6.31. The molecule has 0 heterocycles. The molecule has 382 valence electrons. The fourth-order valence-electron chi connectivity index (χ4n) is 7.48. The summed E-state index contributed by atoms with van der Waals surface area (Å²) >= 11 is 0. The summed E-state index contributed by atoms with van der Waals surface area (Å²) < 4.78 is 16.7. The van der Waals surface area contributed by atoms with Crippen LogP contribution >= 0.6 is 0 Å². The number of carbonyl (C=O) groups is 3. The van der Waals surface area contributed by atoms with E-state index in [1.165, 1.54) is 77.0 Å². The molecule has 1 unspecified atom stereocenters. The van der Waals surface area contributed by atoms with Gasteiger partial charge in [-0.05, 0) is 96.3 Å². The van der Waals surface area contributed by atoms with Gasteiger partial charge in [0.25, 0.3) is 0 Å². The molecule has 0 aromatic rings. The van der Waals surface area contributed by atoms with Crippen molar-refractivity contribution in [1.82, 2.24) is 0 Å². The van der Waals surface area contributed by atoms with E-state index in [9.17, 15) is 14.4 Å². The lowest BCUT2D eigenvalue weighted by atomic mass is 10.0. The van der Waals surface area contributed by atoms with Gasteiger partial charge in [-0.2, -0.15) is 0 Å². The third-order valence-electron chi connectivity index (χ3n) is 11.6. The number of esters is 3. The van der Waals surface area contributed by atoms with Crippen molar-refractivity contribution in [3.8, 4) is 0 Å². The third kappa shape index (κ3) is 53.2. The lowest BCUT2D eigenvalue weighted by molar-refractivity contribution is -0.167. The van der Waals surface area contributed by atoms with E-state index in [-0.39, 0.29) is 31.1 Å². The van der Waals surface area contributed by atoms with Crippen molar-refractivity contribution < 1.29 is 28.6 Å². The number of allylic oxidation sites excluding steroid dienone is 16. The number of carbonyl (C=O) groups excluding carboxylic acids is 3. The van der Waals surface area contributed by atoms with Gasteiger partial charge in [0.1, 0.15) is 13.2 Å². The van der Waals surface area contributed by atoms with E-state index in [0.29, 0.717) is 19.3 Å². The minimum absolute atomic E-state index is 0.0847. The van der Waals surface area contributed by atoms with Gasteiger partial charge in [-0.15, -0.1) is 0 Å². The molecule has 0 fully saturated rings. The minimum atomic E-state index is -0.782. The van der Waals surface area contributed by atoms with Crippen LogP contribution in [0.3, 0.4) is 0 Å². The van der Waals surface area contributed by atoms with Gasteiger partial charge in [-0.1, -0.05) is 234 Å². The van der Waals surface area contributed by atoms with Crippen LogP contribution in [0.2, 0.25) is 0 Å². The second-order valence-electron chi connectivity index (χ2n) is 18.1. The first-order chi connectivity index (χ1) is 33.0. The summed E-state index contributed by atoms with van der Waals surface area (Å²) in [4.78, 5) is 37.7. The molecule has 0 saturated carbocycles. The normalized spacial score (nSPS) is 12.8. The molecule has 6 nitrogen and oxygen atoms in total. The van der Waals surface area contributed by atoms with Crippen LogP contribution in [0.4, 0.5) is 0 Å². The molecule has 0 radical (unpaired) electrons. The van der Waals surface area contributed by atoms with Gasteiger partial charge in [0, 0.05) is 19.3 Å². The zero-order chi connectivity index (χ0) is 48.6. The predicted molar refractivity (Wildman–Crippen MR) is 288 cm³/mol. The molecule has 67 heavy (non-hydrogen) atoms. The summed E-state index contributed by atoms with van der Waals surface area (Å²) in [5.74, 6) is -0.917. The minimum Gasteiger partial charge on any atom is -0.462 e. The second kappa shape index (κ2) is 54.9. The molecule has 0 aromatic carbocycles. The first kappa shape index (κ1) is 63.3. The Morgan fingerprint density at radius 3 is 0.910 bits per heavy atom. The van der Waals surface area contributed by atoms with Crippen molar-refractivity contribution in [2.24, 2.45) is 0 Å². The SMILES string of the molecule is CC/C=C\C/C=C\C/C=C\C/C=C\C/C=C\CCCCCCCCCCCCCCCC(=O)OCC(COC(=O)CCCCCCC)OC(=O)CCCCCCC/C=C\C/C=C\C/C=C\CC. The molecule has 0 spiro atoms. The molecule has 0 bridgehead atoms. The average molecular weight is 931 g/mol. The van der Waals surface area contributed by atoms with E-state index in [0.717, 1.165) is 135 Å². The zero-order valence-corrected chi connectivity index (χ0v) is 43.6. The molecule has 0 saturated heterocycles. The van der Waals surface area contributed by atoms with Gasteiger partial charge < -0.3 is 14.2 Å². The van der Waals surface area contributed by atoms with E-state index in [1.807, 2.05) is 0 Å². The highest BCUT2D eigenvalue weighted by atomic mass is 16.6. The number of rotatable bonds is 49. The summed E-state index contributed by atoms with van der Waals surface area (Å²) in [6, 6.07) is 0. The molecule has 0 aliphatic carbocycles. The number of hydrogen-bond acceptors (Lipinski definition) is 6. The van der Waals surface area contributed by atoms with Crippen LogP contribution < -0.4 is 0 Å². The Kier molecular flexibility index (Phi) is 51.9. The average Bonchev–Trinajstić information content (AvgIpc) is 3.33. The Balaban J connectivity index is 4.05. The van der Waals surface area contributed by atoms with E-state index in [2.05, 4.69) is 118 Å². The van der Waals surface area contributed by atoms with Crippen LogP contribution in [0.1, 0.15) is 252 Å². The Labute approximate surface area is 413 Å². The fraction of sp³-hybridized carbons (Fsp3) is 0.689. The van der Waals surface area contributed by atoms with Crippen molar-refractivity contribution in [2.75, 3.05) is 13.2 Å². The van der Waals surface area contributed by atoms with Gasteiger partial charge in [0.15, 0.2) is 6.10 Å². The summed E-state index contributed by atoms with van der Waals surface area (Å²) in [7, 11) is 0. The van der Waals surface area contributed by atoms with Crippen LogP contribution in [0.5, 0.6) is 0 Å². The quantitative estimate of drug-likeness (QED) is 0.0262. The zero-order valence-electron chi connectivity index (χ0n) is 43.6. The van der Waals surface area contributed by atoms with Crippen molar-refractivity contribution in [3.05, 3.63) is 97.2 Å². The fourth-order valence-corrected chi connectivity index (χ4v) is 7.48. The summed E-state index contributed by atoms with van der Waals surface area (Å²) in [5.41, 5.74) is 0. The molecule has 0 aliphatic heterocycles. The number of unbranched alkanes of at least 4 members (excludes halogenated alkanes) is 22. The summed E-state index contributed by atoms with van der Waals surface area (Å²) in [5, 5.41) is 0. The van der Waals surface area contributed by atoms with Gasteiger partial charge in [-0.3, -0.25) is 14.4 Å². The Hall–Kier alpha value is -3.67. The highest BCUT2D eigenvalue weighted by Crippen LogP contribution is 2.15. The Morgan fingerprint density at radius 2 is 0.582 bits per heavy atom. The standard InChI is InChI=1S/C61H102O6/c1-4-7-10-13-15-17-19-21-23-24-25-26-27-28-29-30-31-32-33-34-35-36-38-39-41-43-45-48-51-54-60(63)66-57-58(56-65-59(62)53-50-47-12-9-6-3)67-61(64)55-52-49-46-44-42-40-37-22-20-18-16-14-11-8-5-2/h7-8,10-11,15-18,21-23,25-26,28-29,37,58H,4-6,9,12-14,19-20,24,27,30-36,38-57H2,1-3H3/b10-7-,11-8-,17-15-,18-16-,23-21-,26-25-,29-28-,37-22-. The second-order valence-corrected chi connectivity index (χ2v) is 18.1. The smallest absolute Gasteiger partial charge is 0.306 e. The molecule has 6 heteroatoms. The highest BCUT2D eigenvalue weighted by molar-refractivity contribution is 5.71. The molecular weight excluding hydrogens is 829 g/mol. The summed E-state index contributed by atoms with van der Waals surface area (Å²) in [6.07, 6.45) is 73.0. The van der Waals surface area contributed by atoms with Gasteiger partial charge in [-0.25, -0.2) is 0 Å². The van der Waals surface area contributed by atoms with Crippen molar-refractivity contribution in [1.29, 1.82) is 0 Å². The maximum absolute atomic E-state index is 12.7. The molecular formula is C61H102O6. The number of ether oxygens (including phenoxy) is 3. The van der Waals surface area contributed by atoms with Crippen LogP contribution in [0.15, 0.2) is 97.2 Å². The molecule has 0 aliphatic rings. The van der Waals surface area contributed by atoms with Gasteiger partial charge in [0.2, 0.25) is 0 Å². The maximum atomic E-state index is 12.7. The largest absolute Gasteiger partial charge is 0.462 e. The van der Waals surface area contributed by atoms with E-state index in [1.54, 1.807) is 0 Å². The monoisotopic (exact) mass is 931 g/mol. The van der Waals surface area contributed by atoms with E-state index < -0.39 is 6.10 Å². The van der Waals surface area contributed by atoms with Crippen molar-refractivity contribution in [3.63, 3.8) is 0 Å². The van der Waals surface area contributed by atoms with Crippen molar-refractivity contribution in [2.45, 2.75) is 258 Å². The molecule has 0 aromatic heterocycles. The predicted octanol–water partition coefficient (Wildman–Crippen LogP) is 18.5. The molecule has 0 N–H and O–H groups in total. The first-order valence-electron chi connectivity index (χ1n) is 27.7. The van der Waals surface area contributed by atoms with Crippen LogP contribution in [0.25, 0.3) is 0 Å². The first-order valence-corrected chi connectivity index (χ1v) is 27.7. The van der Waals surface area contributed by atoms with Gasteiger partial charge in [0.05, 0.1) is 0 Å². The van der Waals surface area contributed by atoms with Crippen LogP contribution in [-0.4, -0.2) is 37.2 Å². The van der Waals surface area contributed by atoms with Crippen LogP contribution in [-0.2, 0) is 28.6 Å². The highest BCUT2D eigenvalue weighted by Gasteiger charge is 2.19. The lowest BCUT2D eigenvalue weighted by Gasteiger charge is -2.18. The van der Waals surface area contributed by atoms with Crippen LogP contribution in [0, 0.1) is 0 Å². The van der Waals surface area contributed by atoms with Crippen molar-refractivity contribution >= 4 is 17.9 Å². The molecule has 1 atom stereocenters. The maximum Gasteiger partial charge on any atom is 0.306 e. The Bertz CT molecular complexity index is 1350. The Morgan fingerprint density at radius 1 is 0.313 bits per heavy atom. The van der Waals surface area contributed by atoms with Gasteiger partial charge >= 0.3 is 17.9 Å². The van der Waals surface area contributed by atoms with E-state index in [4.69, 9.17) is 14.2 Å². The lowest BCUT2D eigenvalue weighted by Crippen LogP contribution is -2.30. The molecule has 0 rings (SSSR count). The van der Waals surface area contributed by atoms with E-state index >= 15 is 0 Å². The number of hydrogen-bond donors (Lipinski definition) is 0. The third-order valence-corrected chi connectivity index (χ3v) is 11.6. The topological polar surface area (TPSA) is 78.9 Å².